The maximum Gasteiger partial charge on any atom is 0.00953 e. The zero-order chi connectivity index (χ0) is 10.5. The third-order valence-corrected chi connectivity index (χ3v) is 4.70. The molecule has 0 aromatic heterocycles. The first-order valence-corrected chi connectivity index (χ1v) is 7.82. The summed E-state index contributed by atoms with van der Waals surface area (Å²) in [6, 6.07) is 0.949. The highest BCUT2D eigenvalue weighted by molar-refractivity contribution is 9.09. The summed E-state index contributed by atoms with van der Waals surface area (Å²) >= 11 is 3.55. The highest BCUT2D eigenvalue weighted by Gasteiger charge is 2.27. The number of hydrogen-bond acceptors (Lipinski definition) is 1. The molecule has 0 atom stereocenters. The maximum atomic E-state index is 3.55. The van der Waals surface area contributed by atoms with Crippen molar-refractivity contribution in [2.75, 3.05) is 18.4 Å². The third kappa shape index (κ3) is 3.45. The summed E-state index contributed by atoms with van der Waals surface area (Å²) in [5.74, 6) is 1.03. The van der Waals surface area contributed by atoms with Gasteiger partial charge in [0.1, 0.15) is 0 Å². The molecule has 2 heteroatoms. The van der Waals surface area contributed by atoms with E-state index in [0.717, 1.165) is 12.0 Å². The SMILES string of the molecule is BrCCCN(CC1CCCC1)C1CCC1. The molecule has 0 aromatic carbocycles. The molecule has 2 fully saturated rings. The van der Waals surface area contributed by atoms with Crippen molar-refractivity contribution >= 4 is 15.9 Å². The summed E-state index contributed by atoms with van der Waals surface area (Å²) in [6.45, 7) is 2.73. The van der Waals surface area contributed by atoms with Crippen molar-refractivity contribution in [3.8, 4) is 0 Å². The molecule has 0 aromatic rings. The summed E-state index contributed by atoms with van der Waals surface area (Å²) in [7, 11) is 0. The van der Waals surface area contributed by atoms with Crippen LogP contribution in [0.2, 0.25) is 0 Å². The van der Waals surface area contributed by atoms with Crippen molar-refractivity contribution < 1.29 is 0 Å². The summed E-state index contributed by atoms with van der Waals surface area (Å²) in [5, 5.41) is 1.17. The minimum Gasteiger partial charge on any atom is -0.300 e. The van der Waals surface area contributed by atoms with Gasteiger partial charge in [-0.1, -0.05) is 35.2 Å². The summed E-state index contributed by atoms with van der Waals surface area (Å²) < 4.78 is 0. The van der Waals surface area contributed by atoms with Crippen LogP contribution >= 0.6 is 15.9 Å². The van der Waals surface area contributed by atoms with E-state index in [4.69, 9.17) is 0 Å². The molecule has 88 valence electrons. The van der Waals surface area contributed by atoms with Crippen LogP contribution in [0.15, 0.2) is 0 Å². The average Bonchev–Trinajstić information content (AvgIpc) is 2.64. The number of rotatable bonds is 6. The van der Waals surface area contributed by atoms with Gasteiger partial charge in [0, 0.05) is 17.9 Å². The molecule has 0 saturated heterocycles. The first kappa shape index (κ1) is 11.9. The van der Waals surface area contributed by atoms with Gasteiger partial charge in [-0.2, -0.15) is 0 Å². The second kappa shape index (κ2) is 6.24. The number of halogens is 1. The molecule has 1 nitrogen and oxygen atoms in total. The summed E-state index contributed by atoms with van der Waals surface area (Å²) in [5.41, 5.74) is 0. The molecule has 0 N–H and O–H groups in total. The highest BCUT2D eigenvalue weighted by Crippen LogP contribution is 2.30. The van der Waals surface area contributed by atoms with Gasteiger partial charge in [0.15, 0.2) is 0 Å². The zero-order valence-electron chi connectivity index (χ0n) is 9.76. The van der Waals surface area contributed by atoms with Crippen LogP contribution in [0.5, 0.6) is 0 Å². The first-order valence-electron chi connectivity index (χ1n) is 6.70. The predicted molar refractivity (Wildman–Crippen MR) is 69.6 cm³/mol. The van der Waals surface area contributed by atoms with Gasteiger partial charge in [0.05, 0.1) is 0 Å². The maximum absolute atomic E-state index is 3.55. The van der Waals surface area contributed by atoms with E-state index in [9.17, 15) is 0 Å². The fourth-order valence-electron chi connectivity index (χ4n) is 2.96. The monoisotopic (exact) mass is 273 g/mol. The Balaban J connectivity index is 1.75. The van der Waals surface area contributed by atoms with E-state index in [1.54, 1.807) is 0 Å². The second-order valence-corrected chi connectivity index (χ2v) is 6.07. The van der Waals surface area contributed by atoms with E-state index in [0.29, 0.717) is 0 Å². The summed E-state index contributed by atoms with van der Waals surface area (Å²) in [6.07, 6.45) is 11.7. The minimum absolute atomic E-state index is 0.949. The molecule has 2 aliphatic carbocycles. The van der Waals surface area contributed by atoms with E-state index < -0.39 is 0 Å². The Morgan fingerprint density at radius 1 is 1.00 bits per heavy atom. The number of nitrogens with zero attached hydrogens (tertiary/aromatic N) is 1. The zero-order valence-corrected chi connectivity index (χ0v) is 11.3. The van der Waals surface area contributed by atoms with E-state index in [1.165, 1.54) is 69.8 Å². The lowest BCUT2D eigenvalue weighted by Crippen LogP contribution is -2.43. The number of alkyl halides is 1. The Hall–Kier alpha value is 0.440. The quantitative estimate of drug-likeness (QED) is 0.666. The molecule has 0 radical (unpaired) electrons. The van der Waals surface area contributed by atoms with Crippen molar-refractivity contribution in [1.29, 1.82) is 0 Å². The second-order valence-electron chi connectivity index (χ2n) is 5.27. The molecule has 0 aliphatic heterocycles. The van der Waals surface area contributed by atoms with E-state index in [2.05, 4.69) is 20.8 Å². The van der Waals surface area contributed by atoms with Gasteiger partial charge in [-0.3, -0.25) is 0 Å². The van der Waals surface area contributed by atoms with E-state index in [1.807, 2.05) is 0 Å². The predicted octanol–water partition coefficient (Wildman–Crippen LogP) is 3.82. The van der Waals surface area contributed by atoms with E-state index in [-0.39, 0.29) is 0 Å². The molecular weight excluding hydrogens is 250 g/mol. The molecule has 2 aliphatic rings. The van der Waals surface area contributed by atoms with Crippen molar-refractivity contribution in [3.05, 3.63) is 0 Å². The lowest BCUT2D eigenvalue weighted by atomic mass is 9.90. The standard InChI is InChI=1S/C13H24BrN/c14-9-4-10-15(13-7-3-8-13)11-12-5-1-2-6-12/h12-13H,1-11H2. The average molecular weight is 274 g/mol. The van der Waals surface area contributed by atoms with Crippen LogP contribution < -0.4 is 0 Å². The minimum atomic E-state index is 0.949. The Bertz CT molecular complexity index is 173. The molecule has 0 bridgehead atoms. The van der Waals surface area contributed by atoms with Gasteiger partial charge in [0.2, 0.25) is 0 Å². The van der Waals surface area contributed by atoms with Crippen LogP contribution in [-0.2, 0) is 0 Å². The van der Waals surface area contributed by atoms with Crippen LogP contribution in [0.25, 0.3) is 0 Å². The number of hydrogen-bond donors (Lipinski definition) is 0. The molecule has 15 heavy (non-hydrogen) atoms. The van der Waals surface area contributed by atoms with Gasteiger partial charge in [-0.05, 0) is 44.6 Å². The molecule has 0 spiro atoms. The van der Waals surface area contributed by atoms with Crippen molar-refractivity contribution in [1.82, 2.24) is 4.90 Å². The fraction of sp³-hybridized carbons (Fsp3) is 1.00. The topological polar surface area (TPSA) is 3.24 Å². The highest BCUT2D eigenvalue weighted by atomic mass is 79.9. The fourth-order valence-corrected chi connectivity index (χ4v) is 3.21. The molecule has 0 heterocycles. The lowest BCUT2D eigenvalue weighted by Gasteiger charge is -2.39. The first-order chi connectivity index (χ1) is 7.40. The van der Waals surface area contributed by atoms with Gasteiger partial charge in [-0.15, -0.1) is 0 Å². The van der Waals surface area contributed by atoms with Crippen LogP contribution in [0.3, 0.4) is 0 Å². The van der Waals surface area contributed by atoms with Gasteiger partial charge in [-0.25, -0.2) is 0 Å². The lowest BCUT2D eigenvalue weighted by molar-refractivity contribution is 0.108. The smallest absolute Gasteiger partial charge is 0.00953 e. The van der Waals surface area contributed by atoms with Gasteiger partial charge >= 0.3 is 0 Å². The molecule has 2 rings (SSSR count). The Morgan fingerprint density at radius 3 is 2.27 bits per heavy atom. The van der Waals surface area contributed by atoms with Crippen molar-refractivity contribution in [3.63, 3.8) is 0 Å². The van der Waals surface area contributed by atoms with E-state index >= 15 is 0 Å². The Labute approximate surface area is 103 Å². The van der Waals surface area contributed by atoms with Crippen molar-refractivity contribution in [2.45, 2.75) is 57.4 Å². The third-order valence-electron chi connectivity index (χ3n) is 4.14. The Morgan fingerprint density at radius 2 is 1.73 bits per heavy atom. The van der Waals surface area contributed by atoms with Crippen LogP contribution in [0, 0.1) is 5.92 Å². The summed E-state index contributed by atoms with van der Waals surface area (Å²) in [4.78, 5) is 2.79. The van der Waals surface area contributed by atoms with Gasteiger partial charge < -0.3 is 4.90 Å². The molecule has 0 unspecified atom stereocenters. The van der Waals surface area contributed by atoms with Crippen molar-refractivity contribution in [2.24, 2.45) is 5.92 Å². The van der Waals surface area contributed by atoms with Gasteiger partial charge in [0.25, 0.3) is 0 Å². The van der Waals surface area contributed by atoms with Crippen LogP contribution in [-0.4, -0.2) is 29.4 Å². The molecule has 0 amide bonds. The molecule has 2 saturated carbocycles. The normalized spacial score (nSPS) is 23.6. The largest absolute Gasteiger partial charge is 0.300 e. The molecular formula is C13H24BrN. The van der Waals surface area contributed by atoms with Crippen LogP contribution in [0.1, 0.15) is 51.4 Å². The van der Waals surface area contributed by atoms with Crippen LogP contribution in [0.4, 0.5) is 0 Å². The Kier molecular flexibility index (Phi) is 4.96.